The largest absolute Gasteiger partial charge is 0.382 e. The number of anilines is 5. The number of benzene rings is 2. The predicted octanol–water partition coefficient (Wildman–Crippen LogP) is 3.78. The van der Waals surface area contributed by atoms with Gasteiger partial charge < -0.3 is 15.5 Å². The number of hydrogen-bond acceptors (Lipinski definition) is 5. The molecule has 2 heterocycles. The summed E-state index contributed by atoms with van der Waals surface area (Å²) < 4.78 is 0. The molecule has 0 fully saturated rings. The zero-order chi connectivity index (χ0) is 15.5. The molecule has 0 saturated heterocycles. The van der Waals surface area contributed by atoms with Crippen molar-refractivity contribution in [3.8, 4) is 0 Å². The van der Waals surface area contributed by atoms with Crippen LogP contribution in [0.5, 0.6) is 0 Å². The quantitative estimate of drug-likeness (QED) is 0.771. The van der Waals surface area contributed by atoms with Gasteiger partial charge in [0.1, 0.15) is 5.82 Å². The second-order valence-electron chi connectivity index (χ2n) is 5.33. The first-order valence-corrected chi connectivity index (χ1v) is 7.66. The Balaban J connectivity index is 1.65. The summed E-state index contributed by atoms with van der Waals surface area (Å²) in [6.07, 6.45) is 1.79. The fourth-order valence-electron chi connectivity index (χ4n) is 2.73. The molecule has 0 atom stereocenters. The molecule has 23 heavy (non-hydrogen) atoms. The van der Waals surface area contributed by atoms with E-state index in [9.17, 15) is 0 Å². The van der Waals surface area contributed by atoms with E-state index < -0.39 is 0 Å². The predicted molar refractivity (Wildman–Crippen MR) is 93.7 cm³/mol. The summed E-state index contributed by atoms with van der Waals surface area (Å²) in [6.45, 7) is 1.77. The SMILES string of the molecule is c1ccc(Nc2nccc(N3CCNc4ccccc43)n2)cc1. The number of aromatic nitrogens is 2. The third kappa shape index (κ3) is 2.81. The number of para-hydroxylation sites is 3. The van der Waals surface area contributed by atoms with E-state index in [1.54, 1.807) is 6.20 Å². The Bertz CT molecular complexity index is 803. The van der Waals surface area contributed by atoms with Gasteiger partial charge in [-0.15, -0.1) is 0 Å². The number of rotatable bonds is 3. The van der Waals surface area contributed by atoms with Gasteiger partial charge in [-0.05, 0) is 30.3 Å². The number of nitrogens with one attached hydrogen (secondary N) is 2. The van der Waals surface area contributed by atoms with Gasteiger partial charge in [0.2, 0.25) is 5.95 Å². The smallest absolute Gasteiger partial charge is 0.229 e. The summed E-state index contributed by atoms with van der Waals surface area (Å²) in [5.41, 5.74) is 3.25. The van der Waals surface area contributed by atoms with Crippen molar-refractivity contribution in [2.45, 2.75) is 0 Å². The molecule has 0 radical (unpaired) electrons. The number of nitrogens with zero attached hydrogens (tertiary/aromatic N) is 3. The van der Waals surface area contributed by atoms with E-state index in [2.05, 4.69) is 37.6 Å². The Morgan fingerprint density at radius 1 is 0.957 bits per heavy atom. The van der Waals surface area contributed by atoms with Crippen LogP contribution in [0.4, 0.5) is 28.8 Å². The van der Waals surface area contributed by atoms with Crippen LogP contribution >= 0.6 is 0 Å². The van der Waals surface area contributed by atoms with Crippen LogP contribution < -0.4 is 15.5 Å². The molecule has 114 valence electrons. The molecule has 0 bridgehead atoms. The summed E-state index contributed by atoms with van der Waals surface area (Å²) >= 11 is 0. The van der Waals surface area contributed by atoms with Crippen LogP contribution in [0.3, 0.4) is 0 Å². The Morgan fingerprint density at radius 3 is 2.70 bits per heavy atom. The molecule has 1 aliphatic heterocycles. The average molecular weight is 303 g/mol. The lowest BCUT2D eigenvalue weighted by atomic mass is 10.2. The van der Waals surface area contributed by atoms with Crippen LogP contribution in [0.15, 0.2) is 66.9 Å². The average Bonchev–Trinajstić information content (AvgIpc) is 2.62. The standard InChI is InChI=1S/C18H17N5/c1-2-6-14(7-3-1)21-18-20-11-10-17(22-18)23-13-12-19-15-8-4-5-9-16(15)23/h1-11,19H,12-13H2,(H,20,21,22). The first-order chi connectivity index (χ1) is 11.4. The van der Waals surface area contributed by atoms with Crippen molar-refractivity contribution < 1.29 is 0 Å². The van der Waals surface area contributed by atoms with Crippen molar-refractivity contribution in [1.29, 1.82) is 0 Å². The van der Waals surface area contributed by atoms with E-state index in [1.165, 1.54) is 0 Å². The molecule has 3 aromatic rings. The van der Waals surface area contributed by atoms with Crippen LogP contribution in [0, 0.1) is 0 Å². The molecular formula is C18H17N5. The van der Waals surface area contributed by atoms with Crippen LogP contribution in [-0.2, 0) is 0 Å². The zero-order valence-corrected chi connectivity index (χ0v) is 12.6. The van der Waals surface area contributed by atoms with E-state index >= 15 is 0 Å². The Kier molecular flexibility index (Phi) is 3.52. The molecule has 5 heteroatoms. The zero-order valence-electron chi connectivity index (χ0n) is 12.6. The van der Waals surface area contributed by atoms with Gasteiger partial charge in [0.05, 0.1) is 11.4 Å². The van der Waals surface area contributed by atoms with E-state index in [-0.39, 0.29) is 0 Å². The highest BCUT2D eigenvalue weighted by atomic mass is 15.3. The summed E-state index contributed by atoms with van der Waals surface area (Å²) in [6, 6.07) is 20.2. The highest BCUT2D eigenvalue weighted by Crippen LogP contribution is 2.33. The lowest BCUT2D eigenvalue weighted by molar-refractivity contribution is 0.904. The Morgan fingerprint density at radius 2 is 1.78 bits per heavy atom. The molecule has 2 N–H and O–H groups in total. The van der Waals surface area contributed by atoms with E-state index in [0.29, 0.717) is 5.95 Å². The highest BCUT2D eigenvalue weighted by molar-refractivity contribution is 5.77. The van der Waals surface area contributed by atoms with Crippen molar-refractivity contribution in [2.24, 2.45) is 0 Å². The van der Waals surface area contributed by atoms with Crippen LogP contribution in [0.25, 0.3) is 0 Å². The maximum absolute atomic E-state index is 4.67. The molecule has 0 unspecified atom stereocenters. The number of fused-ring (bicyclic) bond motifs is 1. The summed E-state index contributed by atoms with van der Waals surface area (Å²) in [7, 11) is 0. The lowest BCUT2D eigenvalue weighted by Crippen LogP contribution is -2.30. The summed E-state index contributed by atoms with van der Waals surface area (Å²) in [5.74, 6) is 1.50. The van der Waals surface area contributed by atoms with Gasteiger partial charge in [-0.1, -0.05) is 30.3 Å². The Hall–Kier alpha value is -3.08. The minimum absolute atomic E-state index is 0.602. The van der Waals surface area contributed by atoms with Crippen LogP contribution in [0.1, 0.15) is 0 Å². The normalized spacial score (nSPS) is 13.1. The van der Waals surface area contributed by atoms with Crippen LogP contribution in [0.2, 0.25) is 0 Å². The van der Waals surface area contributed by atoms with Crippen molar-refractivity contribution in [1.82, 2.24) is 9.97 Å². The first-order valence-electron chi connectivity index (χ1n) is 7.66. The second-order valence-corrected chi connectivity index (χ2v) is 5.33. The molecule has 1 aromatic heterocycles. The maximum atomic E-state index is 4.67. The molecule has 1 aliphatic rings. The summed E-state index contributed by atoms with van der Waals surface area (Å²) in [4.78, 5) is 11.2. The monoisotopic (exact) mass is 303 g/mol. The van der Waals surface area contributed by atoms with Gasteiger partial charge in [0.25, 0.3) is 0 Å². The minimum Gasteiger partial charge on any atom is -0.382 e. The van der Waals surface area contributed by atoms with Gasteiger partial charge in [0.15, 0.2) is 0 Å². The molecule has 0 amide bonds. The first kappa shape index (κ1) is 13.6. The highest BCUT2D eigenvalue weighted by Gasteiger charge is 2.18. The second kappa shape index (κ2) is 5.96. The van der Waals surface area contributed by atoms with E-state index in [4.69, 9.17) is 0 Å². The molecule has 0 spiro atoms. The van der Waals surface area contributed by atoms with Gasteiger partial charge in [-0.2, -0.15) is 4.98 Å². The molecule has 4 rings (SSSR count). The third-order valence-corrected chi connectivity index (χ3v) is 3.79. The molecule has 0 saturated carbocycles. The maximum Gasteiger partial charge on any atom is 0.229 e. The topological polar surface area (TPSA) is 53.1 Å². The van der Waals surface area contributed by atoms with Gasteiger partial charge in [-0.3, -0.25) is 0 Å². The van der Waals surface area contributed by atoms with Crippen molar-refractivity contribution in [3.63, 3.8) is 0 Å². The van der Waals surface area contributed by atoms with Crippen LogP contribution in [-0.4, -0.2) is 23.1 Å². The number of hydrogen-bond donors (Lipinski definition) is 2. The molecule has 0 aliphatic carbocycles. The fraction of sp³-hybridized carbons (Fsp3) is 0.111. The molecular weight excluding hydrogens is 286 g/mol. The Labute approximate surface area is 135 Å². The lowest BCUT2D eigenvalue weighted by Gasteiger charge is -2.31. The van der Waals surface area contributed by atoms with Crippen molar-refractivity contribution in [3.05, 3.63) is 66.9 Å². The van der Waals surface area contributed by atoms with Gasteiger partial charge >= 0.3 is 0 Å². The van der Waals surface area contributed by atoms with Gasteiger partial charge in [0, 0.05) is 25.0 Å². The third-order valence-electron chi connectivity index (χ3n) is 3.79. The van der Waals surface area contributed by atoms with Crippen molar-refractivity contribution in [2.75, 3.05) is 28.6 Å². The summed E-state index contributed by atoms with van der Waals surface area (Å²) in [5, 5.41) is 6.66. The van der Waals surface area contributed by atoms with Gasteiger partial charge in [-0.25, -0.2) is 4.98 Å². The minimum atomic E-state index is 0.602. The molecule has 2 aromatic carbocycles. The molecule has 5 nitrogen and oxygen atoms in total. The van der Waals surface area contributed by atoms with E-state index in [1.807, 2.05) is 48.5 Å². The van der Waals surface area contributed by atoms with Crippen molar-refractivity contribution >= 4 is 28.8 Å². The fourth-order valence-corrected chi connectivity index (χ4v) is 2.73. The van der Waals surface area contributed by atoms with E-state index in [0.717, 1.165) is 36.0 Å².